The quantitative estimate of drug-likeness (QED) is 0.791. The first-order valence-corrected chi connectivity index (χ1v) is 9.33. The van der Waals surface area contributed by atoms with Crippen molar-refractivity contribution in [1.29, 1.82) is 0 Å². The smallest absolute Gasteiger partial charge is 0.244 e. The van der Waals surface area contributed by atoms with Crippen LogP contribution in [0.15, 0.2) is 16.9 Å². The van der Waals surface area contributed by atoms with E-state index in [4.69, 9.17) is 9.26 Å². The van der Waals surface area contributed by atoms with E-state index < -0.39 is 0 Å². The highest BCUT2D eigenvalue weighted by Crippen LogP contribution is 2.30. The van der Waals surface area contributed by atoms with Crippen LogP contribution in [-0.2, 0) is 17.8 Å². The van der Waals surface area contributed by atoms with E-state index in [9.17, 15) is 0 Å². The second-order valence-corrected chi connectivity index (χ2v) is 7.07. The number of rotatable bonds is 8. The summed E-state index contributed by atoms with van der Waals surface area (Å²) >= 11 is 0. The minimum Gasteiger partial charge on any atom is -0.381 e. The first-order chi connectivity index (χ1) is 12.2. The maximum atomic E-state index is 5.59. The van der Waals surface area contributed by atoms with Crippen molar-refractivity contribution in [2.75, 3.05) is 13.2 Å². The Labute approximate surface area is 149 Å². The van der Waals surface area contributed by atoms with E-state index in [1.54, 1.807) is 0 Å². The largest absolute Gasteiger partial charge is 0.381 e. The van der Waals surface area contributed by atoms with E-state index in [-0.39, 0.29) is 12.0 Å². The lowest BCUT2D eigenvalue weighted by atomic mass is 9.91. The van der Waals surface area contributed by atoms with Crippen LogP contribution < -0.4 is 5.32 Å². The summed E-state index contributed by atoms with van der Waals surface area (Å²) in [6.07, 6.45) is 7.12. The van der Waals surface area contributed by atoms with Crippen LogP contribution in [0, 0.1) is 5.92 Å². The average Bonchev–Trinajstić information content (AvgIpc) is 3.26. The number of aryl methyl sites for hydroxylation is 1. The van der Waals surface area contributed by atoms with Crippen molar-refractivity contribution >= 4 is 0 Å². The molecule has 1 atom stereocenters. The van der Waals surface area contributed by atoms with Crippen molar-refractivity contribution < 1.29 is 9.26 Å². The van der Waals surface area contributed by atoms with Crippen molar-refractivity contribution in [1.82, 2.24) is 25.2 Å². The van der Waals surface area contributed by atoms with Gasteiger partial charge in [-0.1, -0.05) is 25.9 Å². The third-order valence-electron chi connectivity index (χ3n) is 4.64. The molecule has 3 rings (SSSR count). The third-order valence-corrected chi connectivity index (χ3v) is 4.64. The molecule has 7 heteroatoms. The second-order valence-electron chi connectivity index (χ2n) is 7.07. The van der Waals surface area contributed by atoms with Crippen molar-refractivity contribution in [3.8, 4) is 0 Å². The van der Waals surface area contributed by atoms with Crippen LogP contribution in [0.3, 0.4) is 0 Å². The lowest BCUT2D eigenvalue weighted by molar-refractivity contribution is 0.0485. The second kappa shape index (κ2) is 8.58. The molecular formula is C18H29N5O2. The molecule has 1 unspecified atom stereocenters. The molecule has 1 aliphatic heterocycles. The van der Waals surface area contributed by atoms with Crippen molar-refractivity contribution in [3.05, 3.63) is 29.7 Å². The van der Waals surface area contributed by atoms with Gasteiger partial charge in [0.25, 0.3) is 0 Å². The highest BCUT2D eigenvalue weighted by atomic mass is 16.5. The van der Waals surface area contributed by atoms with Gasteiger partial charge in [0.1, 0.15) is 0 Å². The summed E-state index contributed by atoms with van der Waals surface area (Å²) in [6, 6.07) is 0.0541. The number of aromatic nitrogens is 4. The predicted octanol–water partition coefficient (Wildman–Crippen LogP) is 3.06. The topological polar surface area (TPSA) is 78.0 Å². The van der Waals surface area contributed by atoms with Gasteiger partial charge >= 0.3 is 0 Å². The Bertz CT molecular complexity index is 645. The molecule has 0 aromatic carbocycles. The molecule has 0 amide bonds. The number of nitrogens with one attached hydrogen (secondary N) is 1. The molecule has 0 spiro atoms. The fourth-order valence-electron chi connectivity index (χ4n) is 3.19. The van der Waals surface area contributed by atoms with Gasteiger partial charge in [-0.05, 0) is 25.2 Å². The van der Waals surface area contributed by atoms with Crippen LogP contribution in [0.4, 0.5) is 0 Å². The maximum Gasteiger partial charge on any atom is 0.244 e. The Morgan fingerprint density at radius 2 is 2.12 bits per heavy atom. The van der Waals surface area contributed by atoms with E-state index in [0.29, 0.717) is 11.8 Å². The zero-order valence-electron chi connectivity index (χ0n) is 15.4. The van der Waals surface area contributed by atoms with Crippen LogP contribution in [0.25, 0.3) is 0 Å². The van der Waals surface area contributed by atoms with Gasteiger partial charge in [-0.3, -0.25) is 4.68 Å². The minimum absolute atomic E-state index is 0.0541. The van der Waals surface area contributed by atoms with E-state index in [1.807, 2.05) is 10.9 Å². The van der Waals surface area contributed by atoms with E-state index in [2.05, 4.69) is 47.5 Å². The molecule has 2 aromatic heterocycles. The zero-order valence-corrected chi connectivity index (χ0v) is 15.4. The highest BCUT2D eigenvalue weighted by molar-refractivity contribution is 5.05. The molecule has 1 aliphatic rings. The number of hydrogen-bond acceptors (Lipinski definition) is 6. The fraction of sp³-hybridized carbons (Fsp3) is 0.722. The van der Waals surface area contributed by atoms with Gasteiger partial charge < -0.3 is 14.6 Å². The minimum atomic E-state index is 0.0541. The molecular weight excluding hydrogens is 318 g/mol. The highest BCUT2D eigenvalue weighted by Gasteiger charge is 2.30. The van der Waals surface area contributed by atoms with Gasteiger partial charge in [-0.25, -0.2) is 0 Å². The Balaban J connectivity index is 1.70. The maximum absolute atomic E-state index is 5.59. The molecule has 1 saturated heterocycles. The molecule has 25 heavy (non-hydrogen) atoms. The van der Waals surface area contributed by atoms with Crippen molar-refractivity contribution in [2.45, 2.75) is 65.1 Å². The summed E-state index contributed by atoms with van der Waals surface area (Å²) in [4.78, 5) is 4.63. The van der Waals surface area contributed by atoms with Crippen LogP contribution >= 0.6 is 0 Å². The van der Waals surface area contributed by atoms with Gasteiger partial charge in [-0.2, -0.15) is 10.1 Å². The Morgan fingerprint density at radius 1 is 1.32 bits per heavy atom. The van der Waals surface area contributed by atoms with Crippen molar-refractivity contribution in [2.24, 2.45) is 5.92 Å². The molecule has 138 valence electrons. The Hall–Kier alpha value is -1.73. The fourth-order valence-corrected chi connectivity index (χ4v) is 3.19. The summed E-state index contributed by atoms with van der Waals surface area (Å²) in [7, 11) is 0. The third kappa shape index (κ3) is 4.67. The summed E-state index contributed by atoms with van der Waals surface area (Å²) in [5.41, 5.74) is 1.18. The van der Waals surface area contributed by atoms with Crippen molar-refractivity contribution in [3.63, 3.8) is 0 Å². The predicted molar refractivity (Wildman–Crippen MR) is 94.0 cm³/mol. The summed E-state index contributed by atoms with van der Waals surface area (Å²) in [5.74, 6) is 2.17. The Morgan fingerprint density at radius 3 is 2.80 bits per heavy atom. The summed E-state index contributed by atoms with van der Waals surface area (Å²) in [5, 5.41) is 12.2. The lowest BCUT2D eigenvalue weighted by Crippen LogP contribution is -2.32. The molecule has 0 bridgehead atoms. The van der Waals surface area contributed by atoms with Crippen LogP contribution in [0.2, 0.25) is 0 Å². The molecule has 0 radical (unpaired) electrons. The van der Waals surface area contributed by atoms with E-state index in [0.717, 1.165) is 51.4 Å². The summed E-state index contributed by atoms with van der Waals surface area (Å²) in [6.45, 7) is 9.59. The normalized spacial score (nSPS) is 17.3. The molecule has 7 nitrogen and oxygen atoms in total. The number of ether oxygens (including phenoxy) is 1. The zero-order chi connectivity index (χ0) is 17.6. The number of nitrogens with zero attached hydrogens (tertiary/aromatic N) is 4. The van der Waals surface area contributed by atoms with Crippen LogP contribution in [-0.4, -0.2) is 33.1 Å². The SMILES string of the molecule is CCCn1cc(CNC(c2nc(C(C)C)no2)C2CCOCC2)cn1. The van der Waals surface area contributed by atoms with E-state index >= 15 is 0 Å². The molecule has 0 aliphatic carbocycles. The van der Waals surface area contributed by atoms with Gasteiger partial charge in [0.15, 0.2) is 5.82 Å². The molecule has 1 N–H and O–H groups in total. The molecule has 0 saturated carbocycles. The summed E-state index contributed by atoms with van der Waals surface area (Å²) < 4.78 is 13.1. The molecule has 2 aromatic rings. The number of hydrogen-bond donors (Lipinski definition) is 1. The van der Waals surface area contributed by atoms with Gasteiger partial charge in [0.2, 0.25) is 5.89 Å². The first kappa shape index (κ1) is 18.1. The van der Waals surface area contributed by atoms with Crippen LogP contribution in [0.5, 0.6) is 0 Å². The first-order valence-electron chi connectivity index (χ1n) is 9.33. The Kier molecular flexibility index (Phi) is 6.20. The van der Waals surface area contributed by atoms with E-state index in [1.165, 1.54) is 5.56 Å². The molecule has 1 fully saturated rings. The average molecular weight is 347 g/mol. The molecule has 3 heterocycles. The van der Waals surface area contributed by atoms with Gasteiger partial charge in [0, 0.05) is 44.0 Å². The van der Waals surface area contributed by atoms with Gasteiger partial charge in [-0.15, -0.1) is 0 Å². The van der Waals surface area contributed by atoms with Gasteiger partial charge in [0.05, 0.1) is 12.2 Å². The monoisotopic (exact) mass is 347 g/mol. The van der Waals surface area contributed by atoms with Crippen LogP contribution in [0.1, 0.15) is 69.3 Å². The standard InChI is InChI=1S/C18H29N5O2/c1-4-7-23-12-14(11-20-23)10-19-16(15-5-8-24-9-6-15)18-21-17(13(2)3)22-25-18/h11-13,15-16,19H,4-10H2,1-3H3. The lowest BCUT2D eigenvalue weighted by Gasteiger charge is -2.28.